The second-order valence-electron chi connectivity index (χ2n) is 7.90. The van der Waals surface area contributed by atoms with Gasteiger partial charge in [0.25, 0.3) is 0 Å². The lowest BCUT2D eigenvalue weighted by Gasteiger charge is -2.16. The highest BCUT2D eigenvalue weighted by Crippen LogP contribution is 2.37. The first-order valence-electron chi connectivity index (χ1n) is 10.3. The Balaban J connectivity index is 0.000000837. The summed E-state index contributed by atoms with van der Waals surface area (Å²) in [6.45, 7) is 2.26. The summed E-state index contributed by atoms with van der Waals surface area (Å²) in [5.74, 6) is -0.274. The van der Waals surface area contributed by atoms with Crippen molar-refractivity contribution in [3.63, 3.8) is 0 Å². The molecule has 2 aromatic carbocycles. The molecule has 5 nitrogen and oxygen atoms in total. The highest BCUT2D eigenvalue weighted by Gasteiger charge is 2.17. The number of nitrogens with zero attached hydrogens (tertiary/aromatic N) is 3. The van der Waals surface area contributed by atoms with Crippen molar-refractivity contribution in [2.24, 2.45) is 5.73 Å². The molecular weight excluding hydrogens is 423 g/mol. The van der Waals surface area contributed by atoms with Gasteiger partial charge in [-0.05, 0) is 70.0 Å². The number of anilines is 1. The number of allylic oxidation sites excluding steroid dienone is 1. The van der Waals surface area contributed by atoms with Crippen molar-refractivity contribution in [3.05, 3.63) is 65.6 Å². The molecule has 3 rings (SSSR count). The van der Waals surface area contributed by atoms with E-state index in [4.69, 9.17) is 5.73 Å². The minimum absolute atomic E-state index is 0.115. The molecule has 172 valence electrons. The Labute approximate surface area is 194 Å². The number of fused-ring (bicyclic) bond motifs is 1. The molecule has 0 saturated carbocycles. The average molecular weight is 457 g/mol. The maximum Gasteiger partial charge on any atom is 0.150 e. The van der Waals surface area contributed by atoms with Crippen molar-refractivity contribution in [2.75, 3.05) is 45.3 Å². The predicted molar refractivity (Wildman–Crippen MR) is 137 cm³/mol. The van der Waals surface area contributed by atoms with Crippen LogP contribution in [0.15, 0.2) is 54.4 Å². The van der Waals surface area contributed by atoms with Gasteiger partial charge < -0.3 is 19.5 Å². The minimum Gasteiger partial charge on any atom is -0.337 e. The molecule has 7 heteroatoms. The van der Waals surface area contributed by atoms with Gasteiger partial charge >= 0.3 is 0 Å². The lowest BCUT2D eigenvalue weighted by molar-refractivity contribution is 0.112. The number of carbonyl (C=O) groups is 1. The number of hydrogen-bond donors (Lipinski definition) is 1. The van der Waals surface area contributed by atoms with Crippen LogP contribution in [-0.2, 0) is 6.54 Å². The minimum atomic E-state index is -0.274. The summed E-state index contributed by atoms with van der Waals surface area (Å²) in [6.07, 6.45) is 4.24. The van der Waals surface area contributed by atoms with E-state index in [0.717, 1.165) is 39.7 Å². The van der Waals surface area contributed by atoms with E-state index in [1.165, 1.54) is 6.08 Å². The van der Waals surface area contributed by atoms with E-state index in [1.807, 2.05) is 75.1 Å². The predicted octanol–water partition coefficient (Wildman–Crippen LogP) is 5.13. The van der Waals surface area contributed by atoms with Crippen LogP contribution in [0.1, 0.15) is 16.1 Å². The van der Waals surface area contributed by atoms with Crippen LogP contribution in [0.25, 0.3) is 22.0 Å². The number of halogens is 1. The molecule has 3 aromatic rings. The van der Waals surface area contributed by atoms with Crippen LogP contribution >= 0.6 is 11.9 Å². The molecule has 0 unspecified atom stereocenters. The lowest BCUT2D eigenvalue weighted by Crippen LogP contribution is -2.05. The van der Waals surface area contributed by atoms with Crippen molar-refractivity contribution >= 4 is 34.8 Å². The Morgan fingerprint density at radius 3 is 2.44 bits per heavy atom. The number of carbonyl (C=O) groups excluding carboxylic acids is 1. The van der Waals surface area contributed by atoms with Crippen LogP contribution < -0.4 is 10.0 Å². The van der Waals surface area contributed by atoms with E-state index in [9.17, 15) is 9.18 Å². The third-order valence-electron chi connectivity index (χ3n) is 4.90. The van der Waals surface area contributed by atoms with E-state index < -0.39 is 0 Å². The second kappa shape index (κ2) is 11.9. The summed E-state index contributed by atoms with van der Waals surface area (Å²) in [6, 6.07) is 13.7. The van der Waals surface area contributed by atoms with E-state index in [-0.39, 0.29) is 18.9 Å². The monoisotopic (exact) mass is 456 g/mol. The molecule has 1 heterocycles. The number of hydrogen-bond acceptors (Lipinski definition) is 5. The third-order valence-corrected chi connectivity index (χ3v) is 5.66. The molecule has 0 fully saturated rings. The summed E-state index contributed by atoms with van der Waals surface area (Å²) in [7, 11) is 8.01. The van der Waals surface area contributed by atoms with E-state index in [2.05, 4.69) is 16.4 Å². The van der Waals surface area contributed by atoms with Gasteiger partial charge in [-0.1, -0.05) is 24.1 Å². The average Bonchev–Trinajstić information content (AvgIpc) is 3.03. The molecular formula is C25H33FN4OS. The third kappa shape index (κ3) is 6.22. The van der Waals surface area contributed by atoms with E-state index in [0.29, 0.717) is 5.56 Å². The van der Waals surface area contributed by atoms with Crippen LogP contribution in [0.3, 0.4) is 0 Å². The molecule has 0 aliphatic carbocycles. The summed E-state index contributed by atoms with van der Waals surface area (Å²) >= 11 is 1.63. The van der Waals surface area contributed by atoms with Gasteiger partial charge in [-0.2, -0.15) is 0 Å². The quantitative estimate of drug-likeness (QED) is 0.394. The lowest BCUT2D eigenvalue weighted by atomic mass is 10.0. The van der Waals surface area contributed by atoms with Crippen LogP contribution in [0.2, 0.25) is 0 Å². The van der Waals surface area contributed by atoms with Crippen molar-refractivity contribution in [1.29, 1.82) is 0 Å². The molecule has 0 bridgehead atoms. The van der Waals surface area contributed by atoms with Gasteiger partial charge in [-0.15, -0.1) is 0 Å². The zero-order valence-electron chi connectivity index (χ0n) is 19.7. The second-order valence-corrected chi connectivity index (χ2v) is 8.81. The normalized spacial score (nSPS) is 11.5. The highest BCUT2D eigenvalue weighted by atomic mass is 32.2. The van der Waals surface area contributed by atoms with Crippen molar-refractivity contribution in [3.8, 4) is 11.1 Å². The SMILES string of the molecule is CN(C)C.CSN(C)c1cccc(-c2c(C)n(C/C(F)=C/CN)c3ccc(C=O)cc23)c1. The van der Waals surface area contributed by atoms with Crippen molar-refractivity contribution in [1.82, 2.24) is 9.47 Å². The number of nitrogens with two attached hydrogens (primary N) is 1. The fourth-order valence-corrected chi connectivity index (χ4v) is 3.77. The number of aldehydes is 1. The van der Waals surface area contributed by atoms with Crippen LogP contribution in [0.5, 0.6) is 0 Å². The zero-order chi connectivity index (χ0) is 23.8. The maximum absolute atomic E-state index is 14.3. The van der Waals surface area contributed by atoms with E-state index >= 15 is 0 Å². The molecule has 2 N–H and O–H groups in total. The van der Waals surface area contributed by atoms with Gasteiger partial charge in [-0.3, -0.25) is 4.79 Å². The maximum atomic E-state index is 14.3. The first-order chi connectivity index (χ1) is 15.2. The van der Waals surface area contributed by atoms with Crippen LogP contribution in [0, 0.1) is 6.92 Å². The zero-order valence-corrected chi connectivity index (χ0v) is 20.5. The van der Waals surface area contributed by atoms with Gasteiger partial charge in [0, 0.05) is 53.3 Å². The highest BCUT2D eigenvalue weighted by molar-refractivity contribution is 7.99. The summed E-state index contributed by atoms with van der Waals surface area (Å²) in [5, 5.41) is 0.937. The Morgan fingerprint density at radius 2 is 1.84 bits per heavy atom. The Morgan fingerprint density at radius 1 is 1.16 bits per heavy atom. The first-order valence-corrected chi connectivity index (χ1v) is 11.5. The van der Waals surface area contributed by atoms with Gasteiger partial charge in [0.05, 0.1) is 6.54 Å². The molecule has 0 aliphatic heterocycles. The van der Waals surface area contributed by atoms with Gasteiger partial charge in [0.15, 0.2) is 0 Å². The van der Waals surface area contributed by atoms with E-state index in [1.54, 1.807) is 18.0 Å². The molecule has 0 aliphatic rings. The van der Waals surface area contributed by atoms with Gasteiger partial charge in [0.2, 0.25) is 0 Å². The fourth-order valence-electron chi connectivity index (χ4n) is 3.45. The molecule has 1 aromatic heterocycles. The van der Waals surface area contributed by atoms with Crippen molar-refractivity contribution < 1.29 is 9.18 Å². The first kappa shape index (κ1) is 25.6. The molecule has 32 heavy (non-hydrogen) atoms. The topological polar surface area (TPSA) is 54.5 Å². The van der Waals surface area contributed by atoms with Crippen LogP contribution in [0.4, 0.5) is 10.1 Å². The number of rotatable bonds is 7. The van der Waals surface area contributed by atoms with Crippen LogP contribution in [-0.4, -0.2) is 56.7 Å². The smallest absolute Gasteiger partial charge is 0.150 e. The summed E-state index contributed by atoms with van der Waals surface area (Å²) in [5.41, 5.74) is 11.0. The summed E-state index contributed by atoms with van der Waals surface area (Å²) < 4.78 is 18.3. The standard InChI is InChI=1S/C22H24FN3OS.C3H9N/c1-15-22(17-5-4-6-19(12-17)25(2)28-3)20-11-16(14-27)7-8-21(20)26(15)13-18(23)9-10-24;1-4(2)3/h4-9,11-12,14H,10,13,24H2,1-3H3;1-3H3/b18-9-;. The molecule has 0 atom stereocenters. The fraction of sp³-hybridized carbons (Fsp3) is 0.320. The Bertz CT molecular complexity index is 1090. The van der Waals surface area contributed by atoms with Gasteiger partial charge in [-0.25, -0.2) is 4.39 Å². The Kier molecular flexibility index (Phi) is 9.50. The molecule has 0 amide bonds. The van der Waals surface area contributed by atoms with Gasteiger partial charge in [0.1, 0.15) is 12.1 Å². The number of benzene rings is 2. The summed E-state index contributed by atoms with van der Waals surface area (Å²) in [4.78, 5) is 13.3. The molecule has 0 saturated heterocycles. The molecule has 0 spiro atoms. The largest absolute Gasteiger partial charge is 0.337 e. The molecule has 0 radical (unpaired) electrons. The Hall–Kier alpha value is -2.61. The van der Waals surface area contributed by atoms with Crippen molar-refractivity contribution in [2.45, 2.75) is 13.5 Å². The number of aromatic nitrogens is 1.